The van der Waals surface area contributed by atoms with E-state index in [1.54, 1.807) is 16.2 Å². The summed E-state index contributed by atoms with van der Waals surface area (Å²) in [5.74, 6) is -0.0609. The fourth-order valence-corrected chi connectivity index (χ4v) is 3.84. The number of thiophene rings is 1. The zero-order chi connectivity index (χ0) is 13.2. The van der Waals surface area contributed by atoms with Crippen LogP contribution in [0, 0.1) is 0 Å². The summed E-state index contributed by atoms with van der Waals surface area (Å²) in [5.41, 5.74) is 1.56. The lowest BCUT2D eigenvalue weighted by molar-refractivity contribution is 0.0672. The van der Waals surface area contributed by atoms with Gasteiger partial charge in [0.25, 0.3) is 5.91 Å². The van der Waals surface area contributed by atoms with E-state index in [-0.39, 0.29) is 18.6 Å². The zero-order valence-corrected chi connectivity index (χ0v) is 11.9. The second-order valence-corrected chi connectivity index (χ2v) is 6.17. The van der Waals surface area contributed by atoms with Gasteiger partial charge < -0.3 is 10.0 Å². The third kappa shape index (κ3) is 2.43. The van der Waals surface area contributed by atoms with Crippen molar-refractivity contribution >= 4 is 28.6 Å². The molecule has 1 amide bonds. The molecule has 1 aliphatic heterocycles. The maximum absolute atomic E-state index is 12.4. The van der Waals surface area contributed by atoms with Gasteiger partial charge in [0, 0.05) is 22.9 Å². The average molecular weight is 294 g/mol. The van der Waals surface area contributed by atoms with Crippen molar-refractivity contribution < 1.29 is 9.90 Å². The number of carbonyl (C=O) groups is 1. The van der Waals surface area contributed by atoms with Crippen molar-refractivity contribution in [1.29, 1.82) is 0 Å². The molecule has 1 atom stereocenters. The van der Waals surface area contributed by atoms with Crippen molar-refractivity contribution in [3.8, 4) is 10.6 Å². The Labute approximate surface area is 119 Å². The predicted molar refractivity (Wildman–Crippen MR) is 76.6 cm³/mol. The maximum atomic E-state index is 12.4. The zero-order valence-electron chi connectivity index (χ0n) is 10.3. The van der Waals surface area contributed by atoms with Crippen molar-refractivity contribution in [2.75, 3.05) is 13.2 Å². The van der Waals surface area contributed by atoms with Gasteiger partial charge in [-0.15, -0.1) is 11.3 Å². The highest BCUT2D eigenvalue weighted by molar-refractivity contribution is 7.14. The predicted octanol–water partition coefficient (Wildman–Crippen LogP) is 2.47. The van der Waals surface area contributed by atoms with Gasteiger partial charge in [0.2, 0.25) is 0 Å². The Morgan fingerprint density at radius 2 is 2.42 bits per heavy atom. The number of likely N-dealkylation sites (tertiary alicyclic amines) is 1. The number of rotatable bonds is 3. The third-order valence-electron chi connectivity index (χ3n) is 3.34. The van der Waals surface area contributed by atoms with Crippen molar-refractivity contribution in [2.24, 2.45) is 0 Å². The SMILES string of the molecule is O=C(c1csc(-c2ccsc2)n1)N1CCC[C@@H]1CO. The van der Waals surface area contributed by atoms with E-state index in [4.69, 9.17) is 0 Å². The Balaban J connectivity index is 1.81. The molecule has 100 valence electrons. The normalized spacial score (nSPS) is 19.0. The van der Waals surface area contributed by atoms with Crippen molar-refractivity contribution in [3.63, 3.8) is 0 Å². The van der Waals surface area contributed by atoms with Crippen molar-refractivity contribution in [1.82, 2.24) is 9.88 Å². The van der Waals surface area contributed by atoms with Gasteiger partial charge in [-0.25, -0.2) is 4.98 Å². The molecule has 0 radical (unpaired) electrons. The van der Waals surface area contributed by atoms with E-state index < -0.39 is 0 Å². The van der Waals surface area contributed by atoms with Crippen LogP contribution in [-0.2, 0) is 0 Å². The van der Waals surface area contributed by atoms with Gasteiger partial charge in [0.15, 0.2) is 0 Å². The Kier molecular flexibility index (Phi) is 3.63. The Bertz CT molecular complexity index is 565. The van der Waals surface area contributed by atoms with Crippen LogP contribution in [0.1, 0.15) is 23.3 Å². The van der Waals surface area contributed by atoms with E-state index in [0.717, 1.165) is 30.0 Å². The molecule has 0 unspecified atom stereocenters. The molecule has 19 heavy (non-hydrogen) atoms. The molecule has 0 bridgehead atoms. The van der Waals surface area contributed by atoms with Crippen LogP contribution in [0.15, 0.2) is 22.2 Å². The number of aromatic nitrogens is 1. The van der Waals surface area contributed by atoms with E-state index in [9.17, 15) is 9.90 Å². The van der Waals surface area contributed by atoms with E-state index in [1.165, 1.54) is 11.3 Å². The molecule has 6 heteroatoms. The molecule has 0 aromatic carbocycles. The van der Waals surface area contributed by atoms with E-state index >= 15 is 0 Å². The highest BCUT2D eigenvalue weighted by Gasteiger charge is 2.30. The summed E-state index contributed by atoms with van der Waals surface area (Å²) >= 11 is 3.11. The van der Waals surface area contributed by atoms with E-state index in [1.807, 2.05) is 22.2 Å². The lowest BCUT2D eigenvalue weighted by Crippen LogP contribution is -2.37. The first-order valence-corrected chi connectivity index (χ1v) is 8.02. The first-order valence-electron chi connectivity index (χ1n) is 6.19. The van der Waals surface area contributed by atoms with Gasteiger partial charge in [-0.3, -0.25) is 4.79 Å². The number of hydrogen-bond donors (Lipinski definition) is 1. The van der Waals surface area contributed by atoms with Gasteiger partial charge >= 0.3 is 0 Å². The average Bonchev–Trinajstić information content (AvgIpc) is 3.16. The van der Waals surface area contributed by atoms with Crippen LogP contribution in [0.2, 0.25) is 0 Å². The van der Waals surface area contributed by atoms with Gasteiger partial charge in [0.05, 0.1) is 12.6 Å². The van der Waals surface area contributed by atoms with Gasteiger partial charge in [0.1, 0.15) is 10.7 Å². The van der Waals surface area contributed by atoms with Gasteiger partial charge in [-0.1, -0.05) is 0 Å². The molecule has 0 aliphatic carbocycles. The molecule has 2 aromatic rings. The summed E-state index contributed by atoms with van der Waals surface area (Å²) < 4.78 is 0. The first kappa shape index (κ1) is 12.8. The molecular formula is C13H14N2O2S2. The number of aliphatic hydroxyl groups excluding tert-OH is 1. The first-order chi connectivity index (χ1) is 9.29. The standard InChI is InChI=1S/C13H14N2O2S2/c16-6-10-2-1-4-15(10)13(17)11-8-19-12(14-11)9-3-5-18-7-9/h3,5,7-8,10,16H,1-2,4,6H2/t10-/m1/s1. The maximum Gasteiger partial charge on any atom is 0.273 e. The molecule has 2 aromatic heterocycles. The number of amides is 1. The molecule has 4 nitrogen and oxygen atoms in total. The Hall–Kier alpha value is -1.24. The minimum atomic E-state index is -0.0609. The van der Waals surface area contributed by atoms with Gasteiger partial charge in [-0.2, -0.15) is 11.3 Å². The summed E-state index contributed by atoms with van der Waals surface area (Å²) in [6.07, 6.45) is 1.84. The fraction of sp³-hybridized carbons (Fsp3) is 0.385. The third-order valence-corrected chi connectivity index (χ3v) is 4.91. The summed E-state index contributed by atoms with van der Waals surface area (Å²) in [6, 6.07) is 1.96. The van der Waals surface area contributed by atoms with Crippen molar-refractivity contribution in [3.05, 3.63) is 27.9 Å². The van der Waals surface area contributed by atoms with Crippen LogP contribution in [0.25, 0.3) is 10.6 Å². The van der Waals surface area contributed by atoms with E-state index in [0.29, 0.717) is 5.69 Å². The largest absolute Gasteiger partial charge is 0.394 e. The van der Waals surface area contributed by atoms with Crippen LogP contribution >= 0.6 is 22.7 Å². The second-order valence-electron chi connectivity index (χ2n) is 4.53. The number of nitrogens with zero attached hydrogens (tertiary/aromatic N) is 2. The Morgan fingerprint density at radius 1 is 1.53 bits per heavy atom. The topological polar surface area (TPSA) is 53.4 Å². The summed E-state index contributed by atoms with van der Waals surface area (Å²) in [7, 11) is 0. The van der Waals surface area contributed by atoms with Crippen LogP contribution in [0.4, 0.5) is 0 Å². The monoisotopic (exact) mass is 294 g/mol. The lowest BCUT2D eigenvalue weighted by atomic mass is 10.2. The smallest absolute Gasteiger partial charge is 0.273 e. The molecule has 1 saturated heterocycles. The van der Waals surface area contributed by atoms with Gasteiger partial charge in [-0.05, 0) is 24.3 Å². The molecule has 1 aliphatic rings. The van der Waals surface area contributed by atoms with E-state index in [2.05, 4.69) is 4.98 Å². The molecule has 3 rings (SSSR count). The fourth-order valence-electron chi connectivity index (χ4n) is 2.33. The molecule has 0 saturated carbocycles. The van der Waals surface area contributed by atoms with Crippen LogP contribution < -0.4 is 0 Å². The highest BCUT2D eigenvalue weighted by atomic mass is 32.1. The molecular weight excluding hydrogens is 280 g/mol. The number of hydrogen-bond acceptors (Lipinski definition) is 5. The van der Waals surface area contributed by atoms with Crippen molar-refractivity contribution in [2.45, 2.75) is 18.9 Å². The van der Waals surface area contributed by atoms with Crippen LogP contribution in [0.3, 0.4) is 0 Å². The quantitative estimate of drug-likeness (QED) is 0.946. The summed E-state index contributed by atoms with van der Waals surface area (Å²) in [6.45, 7) is 0.753. The minimum Gasteiger partial charge on any atom is -0.394 e. The Morgan fingerprint density at radius 3 is 3.16 bits per heavy atom. The second kappa shape index (κ2) is 5.40. The molecule has 0 spiro atoms. The summed E-state index contributed by atoms with van der Waals surface area (Å²) in [5, 5.41) is 16.0. The molecule has 1 fully saturated rings. The number of thiazole rings is 1. The highest BCUT2D eigenvalue weighted by Crippen LogP contribution is 2.27. The van der Waals surface area contributed by atoms with Crippen LogP contribution in [0.5, 0.6) is 0 Å². The minimum absolute atomic E-state index is 0.0350. The molecule has 3 heterocycles. The molecule has 1 N–H and O–H groups in total. The summed E-state index contributed by atoms with van der Waals surface area (Å²) in [4.78, 5) is 18.5. The number of aliphatic hydroxyl groups is 1. The number of carbonyl (C=O) groups excluding carboxylic acids is 1. The van der Waals surface area contributed by atoms with Crippen LogP contribution in [-0.4, -0.2) is 40.1 Å². The lowest BCUT2D eigenvalue weighted by Gasteiger charge is -2.21.